The number of nitrogen functional groups attached to an aromatic ring is 1. The number of benzene rings is 1. The first-order chi connectivity index (χ1) is 9.38. The number of amides is 1. The van der Waals surface area contributed by atoms with Crippen LogP contribution in [0.3, 0.4) is 0 Å². The van der Waals surface area contributed by atoms with Gasteiger partial charge in [-0.1, -0.05) is 0 Å². The highest BCUT2D eigenvalue weighted by Crippen LogP contribution is 2.33. The Balaban J connectivity index is 2.35. The normalized spacial score (nSPS) is 10.4. The van der Waals surface area contributed by atoms with Crippen LogP contribution in [0.15, 0.2) is 27.1 Å². The van der Waals surface area contributed by atoms with E-state index in [0.717, 1.165) is 0 Å². The number of aryl methyl sites for hydroxylation is 2. The summed E-state index contributed by atoms with van der Waals surface area (Å²) in [7, 11) is 0. The van der Waals surface area contributed by atoms with Gasteiger partial charge >= 0.3 is 0 Å². The van der Waals surface area contributed by atoms with E-state index < -0.39 is 0 Å². The predicted octanol–water partition coefficient (Wildman–Crippen LogP) is 3.45. The molecule has 3 N–H and O–H groups in total. The molecule has 1 aromatic heterocycles. The first-order valence-electron chi connectivity index (χ1n) is 5.75. The van der Waals surface area contributed by atoms with E-state index in [1.165, 1.54) is 0 Å². The number of aromatic nitrogens is 2. The number of hydrogen-bond donors (Lipinski definition) is 2. The lowest BCUT2D eigenvalue weighted by Gasteiger charge is -2.11. The molecule has 0 fully saturated rings. The van der Waals surface area contributed by atoms with Gasteiger partial charge in [-0.2, -0.15) is 10.2 Å². The summed E-state index contributed by atoms with van der Waals surface area (Å²) in [6.07, 6.45) is 0. The van der Waals surface area contributed by atoms with Crippen LogP contribution in [-0.4, -0.2) is 16.1 Å². The van der Waals surface area contributed by atoms with Crippen LogP contribution in [0.5, 0.6) is 0 Å². The summed E-state index contributed by atoms with van der Waals surface area (Å²) in [5, 5.41) is 10.7. The fourth-order valence-corrected chi connectivity index (χ4v) is 3.09. The molecule has 2 aromatic rings. The largest absolute Gasteiger partial charge is 0.399 e. The second-order valence-electron chi connectivity index (χ2n) is 4.30. The lowest BCUT2D eigenvalue weighted by atomic mass is 10.2. The summed E-state index contributed by atoms with van der Waals surface area (Å²) >= 11 is 6.76. The molecule has 104 valence electrons. The van der Waals surface area contributed by atoms with Crippen LogP contribution in [0.1, 0.15) is 21.7 Å². The van der Waals surface area contributed by atoms with Gasteiger partial charge in [-0.15, -0.1) is 0 Å². The van der Waals surface area contributed by atoms with Gasteiger partial charge in [0.2, 0.25) is 0 Å². The van der Waals surface area contributed by atoms with Crippen molar-refractivity contribution < 1.29 is 4.79 Å². The van der Waals surface area contributed by atoms with Crippen LogP contribution >= 0.6 is 31.9 Å². The molecular formula is C13H12Br2N4O. The fraction of sp³-hybridized carbons (Fsp3) is 0.154. The smallest absolute Gasteiger partial charge is 0.257 e. The number of hydrogen-bond acceptors (Lipinski definition) is 4. The SMILES string of the molecule is Cc1cc(C(=O)Nc2c(Br)cc(N)cc2Br)c(C)nn1. The maximum atomic E-state index is 12.3. The van der Waals surface area contributed by atoms with Crippen molar-refractivity contribution in [2.75, 3.05) is 11.1 Å². The van der Waals surface area contributed by atoms with Crippen LogP contribution in [-0.2, 0) is 0 Å². The Hall–Kier alpha value is -1.47. The van der Waals surface area contributed by atoms with Crippen LogP contribution in [0.25, 0.3) is 0 Å². The molecule has 1 aromatic carbocycles. The maximum absolute atomic E-state index is 12.3. The van der Waals surface area contributed by atoms with E-state index in [2.05, 4.69) is 47.4 Å². The van der Waals surface area contributed by atoms with Gasteiger partial charge in [-0.25, -0.2) is 0 Å². The molecule has 0 spiro atoms. The summed E-state index contributed by atoms with van der Waals surface area (Å²) in [6.45, 7) is 3.53. The quantitative estimate of drug-likeness (QED) is 0.757. The first-order valence-corrected chi connectivity index (χ1v) is 7.34. The molecule has 7 heteroatoms. The molecule has 0 radical (unpaired) electrons. The van der Waals surface area contributed by atoms with E-state index >= 15 is 0 Å². The molecule has 0 saturated heterocycles. The Labute approximate surface area is 133 Å². The van der Waals surface area contributed by atoms with Gasteiger partial charge in [0.1, 0.15) is 0 Å². The molecule has 0 aliphatic rings. The van der Waals surface area contributed by atoms with E-state index in [4.69, 9.17) is 5.73 Å². The minimum atomic E-state index is -0.244. The van der Waals surface area contributed by atoms with Crippen molar-refractivity contribution in [1.29, 1.82) is 0 Å². The molecule has 0 atom stereocenters. The zero-order valence-electron chi connectivity index (χ0n) is 10.9. The number of nitrogens with one attached hydrogen (secondary N) is 1. The Morgan fingerprint density at radius 2 is 1.75 bits per heavy atom. The average molecular weight is 400 g/mol. The number of halogens is 2. The van der Waals surface area contributed by atoms with Crippen molar-refractivity contribution in [3.8, 4) is 0 Å². The Morgan fingerprint density at radius 1 is 1.15 bits per heavy atom. The highest BCUT2D eigenvalue weighted by molar-refractivity contribution is 9.11. The Morgan fingerprint density at radius 3 is 2.35 bits per heavy atom. The third kappa shape index (κ3) is 3.16. The van der Waals surface area contributed by atoms with Gasteiger partial charge in [0.15, 0.2) is 0 Å². The van der Waals surface area contributed by atoms with E-state index in [0.29, 0.717) is 37.3 Å². The number of nitrogens with zero attached hydrogens (tertiary/aromatic N) is 2. The van der Waals surface area contributed by atoms with Gasteiger partial charge in [-0.05, 0) is 63.9 Å². The zero-order valence-corrected chi connectivity index (χ0v) is 14.0. The monoisotopic (exact) mass is 398 g/mol. The van der Waals surface area contributed by atoms with Crippen molar-refractivity contribution >= 4 is 49.1 Å². The van der Waals surface area contributed by atoms with Crippen molar-refractivity contribution in [2.45, 2.75) is 13.8 Å². The van der Waals surface area contributed by atoms with E-state index in [1.807, 2.05) is 0 Å². The second-order valence-corrected chi connectivity index (χ2v) is 6.01. The number of anilines is 2. The molecule has 0 saturated carbocycles. The fourth-order valence-electron chi connectivity index (χ4n) is 1.67. The van der Waals surface area contributed by atoms with Crippen molar-refractivity contribution in [3.63, 3.8) is 0 Å². The van der Waals surface area contributed by atoms with E-state index in [9.17, 15) is 4.79 Å². The van der Waals surface area contributed by atoms with Crippen molar-refractivity contribution in [2.24, 2.45) is 0 Å². The molecule has 0 bridgehead atoms. The third-order valence-electron chi connectivity index (χ3n) is 2.65. The molecule has 5 nitrogen and oxygen atoms in total. The molecule has 0 aliphatic heterocycles. The van der Waals surface area contributed by atoms with Gasteiger partial charge in [0.05, 0.1) is 22.6 Å². The molecule has 20 heavy (non-hydrogen) atoms. The molecule has 0 aliphatic carbocycles. The Bertz CT molecular complexity index is 665. The number of carbonyl (C=O) groups excluding carboxylic acids is 1. The molecule has 2 rings (SSSR count). The predicted molar refractivity (Wildman–Crippen MR) is 85.7 cm³/mol. The van der Waals surface area contributed by atoms with Gasteiger partial charge in [-0.3, -0.25) is 4.79 Å². The minimum absolute atomic E-state index is 0.244. The van der Waals surface area contributed by atoms with Crippen LogP contribution < -0.4 is 11.1 Å². The highest BCUT2D eigenvalue weighted by atomic mass is 79.9. The van der Waals surface area contributed by atoms with Crippen molar-refractivity contribution in [3.05, 3.63) is 44.1 Å². The van der Waals surface area contributed by atoms with Crippen molar-refractivity contribution in [1.82, 2.24) is 10.2 Å². The van der Waals surface area contributed by atoms with Crippen LogP contribution in [0, 0.1) is 13.8 Å². The summed E-state index contributed by atoms with van der Waals surface area (Å²) in [6, 6.07) is 5.16. The second kappa shape index (κ2) is 5.88. The standard InChI is InChI=1S/C13H12Br2N4O/c1-6-3-9(7(2)19-18-6)13(20)17-12-10(14)4-8(16)5-11(12)15/h3-5H,16H2,1-2H3,(H,17,20). The third-order valence-corrected chi connectivity index (χ3v) is 3.90. The highest BCUT2D eigenvalue weighted by Gasteiger charge is 2.15. The average Bonchev–Trinajstić information content (AvgIpc) is 2.36. The molecule has 1 amide bonds. The lowest BCUT2D eigenvalue weighted by Crippen LogP contribution is -2.16. The Kier molecular flexibility index (Phi) is 4.39. The van der Waals surface area contributed by atoms with E-state index in [-0.39, 0.29) is 5.91 Å². The summed E-state index contributed by atoms with van der Waals surface area (Å²) in [5.41, 5.74) is 8.71. The topological polar surface area (TPSA) is 80.9 Å². The number of carbonyl (C=O) groups is 1. The zero-order chi connectivity index (χ0) is 14.9. The first kappa shape index (κ1) is 14.9. The van der Waals surface area contributed by atoms with Gasteiger partial charge in [0, 0.05) is 14.6 Å². The summed E-state index contributed by atoms with van der Waals surface area (Å²) in [4.78, 5) is 12.3. The van der Waals surface area contributed by atoms with E-state index in [1.54, 1.807) is 32.0 Å². The number of rotatable bonds is 2. The van der Waals surface area contributed by atoms with Crippen LogP contribution in [0.2, 0.25) is 0 Å². The minimum Gasteiger partial charge on any atom is -0.399 e. The molecule has 0 unspecified atom stereocenters. The lowest BCUT2D eigenvalue weighted by molar-refractivity contribution is 0.102. The summed E-state index contributed by atoms with van der Waals surface area (Å²) in [5.74, 6) is -0.244. The molecular weight excluding hydrogens is 388 g/mol. The van der Waals surface area contributed by atoms with Gasteiger partial charge in [0.25, 0.3) is 5.91 Å². The molecule has 1 heterocycles. The van der Waals surface area contributed by atoms with Crippen LogP contribution in [0.4, 0.5) is 11.4 Å². The number of nitrogens with two attached hydrogens (primary N) is 1. The maximum Gasteiger partial charge on any atom is 0.257 e. The summed E-state index contributed by atoms with van der Waals surface area (Å²) < 4.78 is 1.41. The van der Waals surface area contributed by atoms with Gasteiger partial charge < -0.3 is 11.1 Å².